The number of nitrogens with one attached hydrogen (secondary N) is 2. The number of nitrogens with two attached hydrogens (primary N) is 1. The summed E-state index contributed by atoms with van der Waals surface area (Å²) in [5.74, 6) is 5.01. The van der Waals surface area contributed by atoms with Crippen molar-refractivity contribution in [1.29, 1.82) is 0 Å². The summed E-state index contributed by atoms with van der Waals surface area (Å²) in [7, 11) is 3.98. The van der Waals surface area contributed by atoms with Crippen LogP contribution in [0.3, 0.4) is 0 Å². The second-order valence-electron chi connectivity index (χ2n) is 3.62. The van der Waals surface area contributed by atoms with Gasteiger partial charge in [0.2, 0.25) is 5.95 Å². The molecule has 90 valence electrons. The largest absolute Gasteiger partial charge is 0.367 e. The fourth-order valence-electron chi connectivity index (χ4n) is 1.16. The molecule has 0 aliphatic carbocycles. The van der Waals surface area contributed by atoms with Crippen LogP contribution in [0.25, 0.3) is 0 Å². The van der Waals surface area contributed by atoms with Gasteiger partial charge >= 0.3 is 0 Å². The number of anilines is 2. The monoisotopic (exact) mass is 228 g/mol. The zero-order valence-corrected chi connectivity index (χ0v) is 9.50. The highest BCUT2D eigenvalue weighted by atomic mass is 19.1. The summed E-state index contributed by atoms with van der Waals surface area (Å²) in [6.07, 6.45) is 1.98. The lowest BCUT2D eigenvalue weighted by atomic mass is 10.4. The predicted octanol–water partition coefficient (Wildman–Crippen LogP) is 0.265. The average Bonchev–Trinajstić information content (AvgIpc) is 2.26. The van der Waals surface area contributed by atoms with Crippen LogP contribution in [0.1, 0.15) is 6.42 Å². The van der Waals surface area contributed by atoms with Gasteiger partial charge in [-0.3, -0.25) is 5.43 Å². The lowest BCUT2D eigenvalue weighted by Gasteiger charge is -2.10. The van der Waals surface area contributed by atoms with E-state index < -0.39 is 5.82 Å². The van der Waals surface area contributed by atoms with Gasteiger partial charge in [0.15, 0.2) is 11.6 Å². The number of aromatic nitrogens is 2. The summed E-state index contributed by atoms with van der Waals surface area (Å²) >= 11 is 0. The molecule has 0 aliphatic rings. The third-order valence-corrected chi connectivity index (χ3v) is 1.95. The number of rotatable bonds is 6. The zero-order valence-electron chi connectivity index (χ0n) is 9.50. The summed E-state index contributed by atoms with van der Waals surface area (Å²) in [6.45, 7) is 1.58. The van der Waals surface area contributed by atoms with E-state index in [-0.39, 0.29) is 11.8 Å². The van der Waals surface area contributed by atoms with Crippen LogP contribution in [0.15, 0.2) is 6.20 Å². The van der Waals surface area contributed by atoms with Crippen molar-refractivity contribution in [3.63, 3.8) is 0 Å². The first kappa shape index (κ1) is 12.6. The Kier molecular flexibility index (Phi) is 4.87. The van der Waals surface area contributed by atoms with Crippen molar-refractivity contribution in [3.8, 4) is 0 Å². The van der Waals surface area contributed by atoms with E-state index in [1.165, 1.54) is 0 Å². The zero-order chi connectivity index (χ0) is 12.0. The Balaban J connectivity index is 2.46. The minimum atomic E-state index is -0.483. The molecule has 0 spiro atoms. The highest BCUT2D eigenvalue weighted by Crippen LogP contribution is 2.10. The van der Waals surface area contributed by atoms with Crippen molar-refractivity contribution in [2.45, 2.75) is 6.42 Å². The third kappa shape index (κ3) is 3.95. The van der Waals surface area contributed by atoms with E-state index in [0.717, 1.165) is 19.2 Å². The molecule has 0 aliphatic heterocycles. The highest BCUT2D eigenvalue weighted by Gasteiger charge is 2.05. The fourth-order valence-corrected chi connectivity index (χ4v) is 1.16. The smallest absolute Gasteiger partial charge is 0.239 e. The Bertz CT molecular complexity index is 330. The van der Waals surface area contributed by atoms with E-state index in [4.69, 9.17) is 5.84 Å². The van der Waals surface area contributed by atoms with Crippen LogP contribution in [-0.2, 0) is 0 Å². The number of halogens is 1. The van der Waals surface area contributed by atoms with Gasteiger partial charge in [0.25, 0.3) is 0 Å². The molecule has 6 nitrogen and oxygen atoms in total. The maximum atomic E-state index is 13.2. The molecule has 0 fully saturated rings. The van der Waals surface area contributed by atoms with Gasteiger partial charge in [-0.15, -0.1) is 0 Å². The standard InChI is InChI=1S/C9H17FN6/c1-16(2)5-3-4-12-8-7(10)6-13-9(14-8)15-11/h6H,3-5,11H2,1-2H3,(H2,12,13,14,15). The highest BCUT2D eigenvalue weighted by molar-refractivity contribution is 5.40. The molecule has 7 heteroatoms. The number of hydrazine groups is 1. The van der Waals surface area contributed by atoms with Crippen LogP contribution in [0.5, 0.6) is 0 Å². The number of nitrogen functional groups attached to an aromatic ring is 1. The Morgan fingerprint density at radius 1 is 1.50 bits per heavy atom. The first-order chi connectivity index (χ1) is 7.63. The minimum absolute atomic E-state index is 0.168. The number of hydrogen-bond acceptors (Lipinski definition) is 6. The second-order valence-corrected chi connectivity index (χ2v) is 3.62. The van der Waals surface area contributed by atoms with E-state index in [9.17, 15) is 4.39 Å². The van der Waals surface area contributed by atoms with E-state index >= 15 is 0 Å². The molecule has 0 atom stereocenters. The SMILES string of the molecule is CN(C)CCCNc1nc(NN)ncc1F. The molecular weight excluding hydrogens is 211 g/mol. The van der Waals surface area contributed by atoms with Crippen molar-refractivity contribution in [1.82, 2.24) is 14.9 Å². The summed E-state index contributed by atoms with van der Waals surface area (Å²) < 4.78 is 13.2. The molecule has 1 heterocycles. The number of nitrogens with zero attached hydrogens (tertiary/aromatic N) is 3. The lowest BCUT2D eigenvalue weighted by molar-refractivity contribution is 0.405. The van der Waals surface area contributed by atoms with Crippen molar-refractivity contribution >= 4 is 11.8 Å². The normalized spacial score (nSPS) is 10.6. The maximum Gasteiger partial charge on any atom is 0.239 e. The van der Waals surface area contributed by atoms with Crippen molar-refractivity contribution in [2.75, 3.05) is 37.9 Å². The van der Waals surface area contributed by atoms with Gasteiger partial charge in [-0.25, -0.2) is 15.2 Å². The molecule has 1 aromatic rings. The summed E-state index contributed by atoms with van der Waals surface area (Å²) in [4.78, 5) is 9.56. The van der Waals surface area contributed by atoms with Crippen LogP contribution >= 0.6 is 0 Å². The molecule has 1 aromatic heterocycles. The van der Waals surface area contributed by atoms with Crippen LogP contribution in [0, 0.1) is 5.82 Å². The van der Waals surface area contributed by atoms with E-state index in [0.29, 0.717) is 6.54 Å². The first-order valence-electron chi connectivity index (χ1n) is 5.01. The molecule has 0 radical (unpaired) electrons. The molecule has 0 bridgehead atoms. The van der Waals surface area contributed by atoms with E-state index in [1.54, 1.807) is 0 Å². The first-order valence-corrected chi connectivity index (χ1v) is 5.01. The van der Waals surface area contributed by atoms with Gasteiger partial charge in [0.1, 0.15) is 0 Å². The molecule has 4 N–H and O–H groups in total. The van der Waals surface area contributed by atoms with Gasteiger partial charge in [-0.1, -0.05) is 0 Å². The Labute approximate surface area is 94.0 Å². The van der Waals surface area contributed by atoms with Gasteiger partial charge in [-0.05, 0) is 27.1 Å². The molecule has 0 aromatic carbocycles. The molecule has 0 amide bonds. The quantitative estimate of drug-likeness (QED) is 0.368. The molecule has 0 saturated carbocycles. The summed E-state index contributed by atoms with van der Waals surface area (Å²) in [5.41, 5.74) is 2.27. The van der Waals surface area contributed by atoms with Gasteiger partial charge in [0, 0.05) is 6.54 Å². The topological polar surface area (TPSA) is 79.1 Å². The Morgan fingerprint density at radius 3 is 2.88 bits per heavy atom. The van der Waals surface area contributed by atoms with Crippen LogP contribution in [0.2, 0.25) is 0 Å². The molecular formula is C9H17FN6. The minimum Gasteiger partial charge on any atom is -0.367 e. The Hall–Kier alpha value is -1.47. The van der Waals surface area contributed by atoms with Crippen molar-refractivity contribution in [3.05, 3.63) is 12.0 Å². The lowest BCUT2D eigenvalue weighted by Crippen LogP contribution is -2.18. The van der Waals surface area contributed by atoms with E-state index in [2.05, 4.69) is 25.6 Å². The van der Waals surface area contributed by atoms with Crippen molar-refractivity contribution in [2.24, 2.45) is 5.84 Å². The molecule has 16 heavy (non-hydrogen) atoms. The molecule has 1 rings (SSSR count). The molecule has 0 saturated heterocycles. The van der Waals surface area contributed by atoms with Crippen molar-refractivity contribution < 1.29 is 4.39 Å². The second kappa shape index (κ2) is 6.19. The van der Waals surface area contributed by atoms with Crippen LogP contribution in [-0.4, -0.2) is 42.1 Å². The number of hydrogen-bond donors (Lipinski definition) is 3. The maximum absolute atomic E-state index is 13.2. The average molecular weight is 228 g/mol. The summed E-state index contributed by atoms with van der Waals surface area (Å²) in [6, 6.07) is 0. The predicted molar refractivity (Wildman–Crippen MR) is 61.5 cm³/mol. The van der Waals surface area contributed by atoms with Gasteiger partial charge < -0.3 is 10.2 Å². The molecule has 0 unspecified atom stereocenters. The van der Waals surface area contributed by atoms with E-state index in [1.807, 2.05) is 14.1 Å². The van der Waals surface area contributed by atoms with Gasteiger partial charge in [-0.2, -0.15) is 4.98 Å². The summed E-state index contributed by atoms with van der Waals surface area (Å²) in [5, 5.41) is 2.89. The van der Waals surface area contributed by atoms with Gasteiger partial charge in [0.05, 0.1) is 6.20 Å². The Morgan fingerprint density at radius 2 is 2.25 bits per heavy atom. The van der Waals surface area contributed by atoms with Crippen LogP contribution in [0.4, 0.5) is 16.2 Å². The fraction of sp³-hybridized carbons (Fsp3) is 0.556. The third-order valence-electron chi connectivity index (χ3n) is 1.95. The van der Waals surface area contributed by atoms with Crippen LogP contribution < -0.4 is 16.6 Å².